The van der Waals surface area contributed by atoms with Gasteiger partial charge in [0.1, 0.15) is 12.2 Å². The summed E-state index contributed by atoms with van der Waals surface area (Å²) >= 11 is 0. The van der Waals surface area contributed by atoms with Gasteiger partial charge in [-0.15, -0.1) is 0 Å². The van der Waals surface area contributed by atoms with Crippen molar-refractivity contribution in [2.75, 3.05) is 12.0 Å². The lowest BCUT2D eigenvalue weighted by Gasteiger charge is -2.16. The smallest absolute Gasteiger partial charge is 0.405 e. The highest BCUT2D eigenvalue weighted by Crippen LogP contribution is 2.12. The molecule has 3 amide bonds. The van der Waals surface area contributed by atoms with Crippen LogP contribution in [0.2, 0.25) is 0 Å². The second kappa shape index (κ2) is 7.82. The third-order valence-corrected chi connectivity index (χ3v) is 3.27. The Kier molecular flexibility index (Phi) is 5.56. The van der Waals surface area contributed by atoms with Crippen LogP contribution in [0.1, 0.15) is 29.0 Å². The van der Waals surface area contributed by atoms with Gasteiger partial charge in [-0.1, -0.05) is 30.3 Å². The Balaban J connectivity index is 1.99. The number of benzene rings is 1. The van der Waals surface area contributed by atoms with Crippen molar-refractivity contribution in [2.24, 2.45) is 0 Å². The minimum absolute atomic E-state index is 0.202. The normalized spacial score (nSPS) is 11.4. The van der Waals surface area contributed by atoms with Gasteiger partial charge in [0.05, 0.1) is 6.04 Å². The Labute approximate surface area is 138 Å². The second-order valence-electron chi connectivity index (χ2n) is 5.06. The zero-order valence-corrected chi connectivity index (χ0v) is 13.0. The quantitative estimate of drug-likeness (QED) is 0.640. The van der Waals surface area contributed by atoms with Gasteiger partial charge in [-0.05, 0) is 24.6 Å². The van der Waals surface area contributed by atoms with Crippen LogP contribution >= 0.6 is 0 Å². The number of carbonyl (C=O) groups is 3. The number of amides is 3. The van der Waals surface area contributed by atoms with Crippen molar-refractivity contribution >= 4 is 17.9 Å². The summed E-state index contributed by atoms with van der Waals surface area (Å²) in [6, 6.07) is 12.4. The number of carboxylic acid groups (broad SMARTS) is 1. The number of carbonyl (C=O) groups excluding carboxylic acids is 2. The lowest BCUT2D eigenvalue weighted by molar-refractivity contribution is -0.116. The number of nitrogens with one attached hydrogen (secondary N) is 3. The molecule has 4 N–H and O–H groups in total. The van der Waals surface area contributed by atoms with Crippen LogP contribution in [-0.2, 0) is 4.79 Å². The van der Waals surface area contributed by atoms with E-state index in [0.717, 1.165) is 5.56 Å². The minimum atomic E-state index is -1.30. The van der Waals surface area contributed by atoms with E-state index in [1.165, 1.54) is 10.9 Å². The summed E-state index contributed by atoms with van der Waals surface area (Å²) in [6.07, 6.45) is 0.202. The van der Waals surface area contributed by atoms with Crippen LogP contribution < -0.4 is 16.1 Å². The molecule has 0 radical (unpaired) electrons. The summed E-state index contributed by atoms with van der Waals surface area (Å²) < 4.78 is 1.25. The van der Waals surface area contributed by atoms with Crippen LogP contribution in [-0.4, -0.2) is 34.2 Å². The maximum Gasteiger partial charge on any atom is 0.405 e. The van der Waals surface area contributed by atoms with Gasteiger partial charge in [0, 0.05) is 6.20 Å². The number of hydrogen-bond donors (Lipinski definition) is 4. The molecule has 1 heterocycles. The van der Waals surface area contributed by atoms with Gasteiger partial charge < -0.3 is 15.7 Å². The molecule has 8 heteroatoms. The topological polar surface area (TPSA) is 112 Å². The molecule has 0 aliphatic carbocycles. The van der Waals surface area contributed by atoms with Crippen LogP contribution in [0.15, 0.2) is 48.7 Å². The van der Waals surface area contributed by atoms with Gasteiger partial charge in [0.25, 0.3) is 11.8 Å². The second-order valence-corrected chi connectivity index (χ2v) is 5.06. The molecule has 0 spiro atoms. The molecule has 1 aromatic heterocycles. The fraction of sp³-hybridized carbons (Fsp3) is 0.188. The number of nitrogens with zero attached hydrogens (tertiary/aromatic N) is 1. The van der Waals surface area contributed by atoms with E-state index in [1.54, 1.807) is 12.1 Å². The molecule has 1 atom stereocenters. The molecule has 2 rings (SSSR count). The van der Waals surface area contributed by atoms with Gasteiger partial charge in [0.15, 0.2) is 0 Å². The molecular weight excluding hydrogens is 312 g/mol. The SMILES string of the molecule is CC(NC(=O)c1cccn1NC(=O)CNC(=O)O)c1ccccc1. The first kappa shape index (κ1) is 17.1. The van der Waals surface area contributed by atoms with Gasteiger partial charge in [-0.25, -0.2) is 4.79 Å². The largest absolute Gasteiger partial charge is 0.465 e. The molecular formula is C16H18N4O4. The Morgan fingerprint density at radius 3 is 2.50 bits per heavy atom. The highest BCUT2D eigenvalue weighted by molar-refractivity contribution is 5.95. The summed E-state index contributed by atoms with van der Waals surface area (Å²) in [6.45, 7) is 1.45. The molecule has 8 nitrogen and oxygen atoms in total. The molecule has 1 unspecified atom stereocenters. The highest BCUT2D eigenvalue weighted by Gasteiger charge is 2.16. The van der Waals surface area contributed by atoms with Gasteiger partial charge in [0.2, 0.25) is 0 Å². The minimum Gasteiger partial charge on any atom is -0.465 e. The average Bonchev–Trinajstić information content (AvgIpc) is 3.02. The fourth-order valence-electron chi connectivity index (χ4n) is 2.09. The lowest BCUT2D eigenvalue weighted by Crippen LogP contribution is -2.37. The zero-order valence-electron chi connectivity index (χ0n) is 13.0. The van der Waals surface area contributed by atoms with Gasteiger partial charge in [-0.2, -0.15) is 0 Å². The van der Waals surface area contributed by atoms with Crippen LogP contribution in [0.25, 0.3) is 0 Å². The Morgan fingerprint density at radius 1 is 1.12 bits per heavy atom. The van der Waals surface area contributed by atoms with Crippen molar-refractivity contribution in [1.82, 2.24) is 15.3 Å². The third-order valence-electron chi connectivity index (χ3n) is 3.27. The van der Waals surface area contributed by atoms with E-state index in [-0.39, 0.29) is 17.6 Å². The van der Waals surface area contributed by atoms with Crippen LogP contribution in [0.4, 0.5) is 4.79 Å². The summed E-state index contributed by atoms with van der Waals surface area (Å²) in [5.74, 6) is -0.943. The predicted octanol–water partition coefficient (Wildman–Crippen LogP) is 1.32. The molecule has 0 aliphatic rings. The van der Waals surface area contributed by atoms with Crippen molar-refractivity contribution < 1.29 is 19.5 Å². The number of hydrogen-bond acceptors (Lipinski definition) is 3. The van der Waals surface area contributed by atoms with Gasteiger partial charge >= 0.3 is 6.09 Å². The Bertz CT molecular complexity index is 727. The third kappa shape index (κ3) is 4.60. The van der Waals surface area contributed by atoms with Crippen molar-refractivity contribution in [3.8, 4) is 0 Å². The molecule has 0 saturated carbocycles. The summed E-state index contributed by atoms with van der Waals surface area (Å²) in [4.78, 5) is 34.4. The maximum absolute atomic E-state index is 12.4. The Morgan fingerprint density at radius 2 is 1.83 bits per heavy atom. The molecule has 0 aliphatic heterocycles. The van der Waals surface area contributed by atoms with Crippen LogP contribution in [0.5, 0.6) is 0 Å². The number of aromatic nitrogens is 1. The molecule has 0 fully saturated rings. The maximum atomic E-state index is 12.4. The van der Waals surface area contributed by atoms with Crippen LogP contribution in [0, 0.1) is 0 Å². The summed E-state index contributed by atoms with van der Waals surface area (Å²) in [5, 5.41) is 13.3. The first-order valence-electron chi connectivity index (χ1n) is 7.27. The molecule has 0 saturated heterocycles. The van der Waals surface area contributed by atoms with E-state index in [4.69, 9.17) is 5.11 Å². The molecule has 24 heavy (non-hydrogen) atoms. The van der Waals surface area contributed by atoms with Crippen molar-refractivity contribution in [2.45, 2.75) is 13.0 Å². The zero-order chi connectivity index (χ0) is 17.5. The van der Waals surface area contributed by atoms with E-state index >= 15 is 0 Å². The average molecular weight is 330 g/mol. The summed E-state index contributed by atoms with van der Waals surface area (Å²) in [5.41, 5.74) is 3.63. The number of rotatable bonds is 6. The highest BCUT2D eigenvalue weighted by atomic mass is 16.4. The first-order chi connectivity index (χ1) is 11.5. The molecule has 1 aromatic carbocycles. The Hall–Kier alpha value is -3.29. The van der Waals surface area contributed by atoms with Crippen molar-refractivity contribution in [3.63, 3.8) is 0 Å². The summed E-state index contributed by atoms with van der Waals surface area (Å²) in [7, 11) is 0. The van der Waals surface area contributed by atoms with E-state index in [0.29, 0.717) is 0 Å². The van der Waals surface area contributed by atoms with Crippen molar-refractivity contribution in [3.05, 3.63) is 59.9 Å². The van der Waals surface area contributed by atoms with Crippen LogP contribution in [0.3, 0.4) is 0 Å². The molecule has 2 aromatic rings. The van der Waals surface area contributed by atoms with E-state index < -0.39 is 18.5 Å². The molecule has 126 valence electrons. The van der Waals surface area contributed by atoms with Crippen molar-refractivity contribution in [1.29, 1.82) is 0 Å². The standard InChI is InChI=1S/C16H18N4O4/c1-11(12-6-3-2-4-7-12)18-15(22)13-8-5-9-20(13)19-14(21)10-17-16(23)24/h2-9,11,17H,10H2,1H3,(H,18,22)(H,19,21)(H,23,24). The lowest BCUT2D eigenvalue weighted by atomic mass is 10.1. The molecule has 0 bridgehead atoms. The van der Waals surface area contributed by atoms with E-state index in [1.807, 2.05) is 42.6 Å². The first-order valence-corrected chi connectivity index (χ1v) is 7.27. The predicted molar refractivity (Wildman–Crippen MR) is 87.2 cm³/mol. The monoisotopic (exact) mass is 330 g/mol. The van der Waals surface area contributed by atoms with Gasteiger partial charge in [-0.3, -0.25) is 19.7 Å². The van der Waals surface area contributed by atoms with E-state index in [2.05, 4.69) is 10.7 Å². The van der Waals surface area contributed by atoms with E-state index in [9.17, 15) is 14.4 Å². The fourth-order valence-corrected chi connectivity index (χ4v) is 2.09.